The first-order valence-electron chi connectivity index (χ1n) is 9.58. The number of hydrogen-bond acceptors (Lipinski definition) is 4. The van der Waals surface area contributed by atoms with Crippen molar-refractivity contribution in [3.05, 3.63) is 29.8 Å². The molecular formula is C20H33N3O3. The Labute approximate surface area is 157 Å². The highest BCUT2D eigenvalue weighted by molar-refractivity contribution is 5.79. The molecule has 1 heterocycles. The molecule has 1 unspecified atom stereocenters. The van der Waals surface area contributed by atoms with E-state index in [1.54, 1.807) is 0 Å². The van der Waals surface area contributed by atoms with Crippen LogP contribution in [-0.4, -0.2) is 70.1 Å². The standard InChI is InChI=1S/C20H33N3O3/c1-4-21-20(22-11-14-24-16-18-9-7-13-25-18)23(3)12-15-26-19-10-6-5-8-17(19)2/h5-6,8,10,18H,4,7,9,11-16H2,1-3H3,(H,21,22). The monoisotopic (exact) mass is 363 g/mol. The van der Waals surface area contributed by atoms with Gasteiger partial charge in [0.15, 0.2) is 5.96 Å². The summed E-state index contributed by atoms with van der Waals surface area (Å²) in [5.41, 5.74) is 1.15. The van der Waals surface area contributed by atoms with Crippen LogP contribution < -0.4 is 10.1 Å². The van der Waals surface area contributed by atoms with Gasteiger partial charge in [0, 0.05) is 20.2 Å². The lowest BCUT2D eigenvalue weighted by molar-refractivity contribution is 0.0199. The number of aliphatic imine (C=N–C) groups is 1. The normalized spacial score (nSPS) is 17.3. The van der Waals surface area contributed by atoms with Crippen molar-refractivity contribution in [2.24, 2.45) is 4.99 Å². The Kier molecular flexibility index (Phi) is 9.28. The molecule has 1 aromatic carbocycles. The van der Waals surface area contributed by atoms with E-state index >= 15 is 0 Å². The Morgan fingerprint density at radius 1 is 1.35 bits per heavy atom. The first kappa shape index (κ1) is 20.5. The molecule has 146 valence electrons. The van der Waals surface area contributed by atoms with Crippen molar-refractivity contribution in [1.82, 2.24) is 10.2 Å². The zero-order valence-corrected chi connectivity index (χ0v) is 16.4. The second-order valence-electron chi connectivity index (χ2n) is 6.48. The van der Waals surface area contributed by atoms with Crippen LogP contribution in [0, 0.1) is 6.92 Å². The van der Waals surface area contributed by atoms with Crippen LogP contribution >= 0.6 is 0 Å². The zero-order valence-electron chi connectivity index (χ0n) is 16.4. The quantitative estimate of drug-likeness (QED) is 0.393. The van der Waals surface area contributed by atoms with Crippen LogP contribution in [-0.2, 0) is 9.47 Å². The van der Waals surface area contributed by atoms with E-state index in [1.807, 2.05) is 25.2 Å². The Morgan fingerprint density at radius 3 is 2.92 bits per heavy atom. The highest BCUT2D eigenvalue weighted by atomic mass is 16.5. The molecule has 1 fully saturated rings. The molecule has 2 rings (SSSR count). The molecule has 0 aromatic heterocycles. The molecule has 0 saturated carbocycles. The summed E-state index contributed by atoms with van der Waals surface area (Å²) in [7, 11) is 2.02. The molecule has 1 N–H and O–H groups in total. The maximum absolute atomic E-state index is 5.87. The molecule has 1 aromatic rings. The molecule has 6 nitrogen and oxygen atoms in total. The third-order valence-corrected chi connectivity index (χ3v) is 4.30. The lowest BCUT2D eigenvalue weighted by Crippen LogP contribution is -2.41. The molecule has 0 radical (unpaired) electrons. The van der Waals surface area contributed by atoms with Gasteiger partial charge in [-0.05, 0) is 38.3 Å². The second-order valence-corrected chi connectivity index (χ2v) is 6.48. The number of nitrogens with one attached hydrogen (secondary N) is 1. The summed E-state index contributed by atoms with van der Waals surface area (Å²) in [6.45, 7) is 9.12. The highest BCUT2D eigenvalue weighted by Gasteiger charge is 2.15. The SMILES string of the molecule is CCNC(=NCCOCC1CCCO1)N(C)CCOc1ccccc1C. The van der Waals surface area contributed by atoms with Gasteiger partial charge in [-0.3, -0.25) is 4.99 Å². The van der Waals surface area contributed by atoms with Crippen LogP contribution in [0.4, 0.5) is 0 Å². The number of guanidine groups is 1. The van der Waals surface area contributed by atoms with Gasteiger partial charge in [0.1, 0.15) is 12.4 Å². The van der Waals surface area contributed by atoms with Gasteiger partial charge in [0.2, 0.25) is 0 Å². The minimum absolute atomic E-state index is 0.272. The van der Waals surface area contributed by atoms with E-state index in [0.29, 0.717) is 26.4 Å². The van der Waals surface area contributed by atoms with Crippen LogP contribution in [0.15, 0.2) is 29.3 Å². The van der Waals surface area contributed by atoms with Crippen LogP contribution in [0.25, 0.3) is 0 Å². The molecule has 0 spiro atoms. The van der Waals surface area contributed by atoms with Crippen molar-refractivity contribution in [2.45, 2.75) is 32.8 Å². The van der Waals surface area contributed by atoms with E-state index in [4.69, 9.17) is 14.2 Å². The van der Waals surface area contributed by atoms with Crippen molar-refractivity contribution in [1.29, 1.82) is 0 Å². The van der Waals surface area contributed by atoms with Crippen LogP contribution in [0.5, 0.6) is 5.75 Å². The van der Waals surface area contributed by atoms with Gasteiger partial charge in [-0.1, -0.05) is 18.2 Å². The molecule has 1 aliphatic heterocycles. The fourth-order valence-electron chi connectivity index (χ4n) is 2.79. The molecule has 26 heavy (non-hydrogen) atoms. The number of rotatable bonds is 10. The van der Waals surface area contributed by atoms with E-state index < -0.39 is 0 Å². The van der Waals surface area contributed by atoms with E-state index in [1.165, 1.54) is 0 Å². The summed E-state index contributed by atoms with van der Waals surface area (Å²) in [4.78, 5) is 6.72. The molecule has 1 atom stereocenters. The maximum Gasteiger partial charge on any atom is 0.193 e. The first-order valence-corrected chi connectivity index (χ1v) is 9.58. The van der Waals surface area contributed by atoms with Crippen LogP contribution in [0.1, 0.15) is 25.3 Å². The summed E-state index contributed by atoms with van der Waals surface area (Å²) in [5, 5.41) is 3.31. The van der Waals surface area contributed by atoms with Crippen LogP contribution in [0.2, 0.25) is 0 Å². The smallest absolute Gasteiger partial charge is 0.193 e. The Morgan fingerprint density at radius 2 is 2.19 bits per heavy atom. The van der Waals surface area contributed by atoms with Crippen molar-refractivity contribution in [3.63, 3.8) is 0 Å². The minimum Gasteiger partial charge on any atom is -0.491 e. The number of benzene rings is 1. The van der Waals surface area contributed by atoms with E-state index in [-0.39, 0.29) is 6.10 Å². The van der Waals surface area contributed by atoms with Crippen molar-refractivity contribution >= 4 is 5.96 Å². The summed E-state index contributed by atoms with van der Waals surface area (Å²) >= 11 is 0. The fourth-order valence-corrected chi connectivity index (χ4v) is 2.79. The third-order valence-electron chi connectivity index (χ3n) is 4.30. The number of likely N-dealkylation sites (N-methyl/N-ethyl adjacent to an activating group) is 1. The predicted octanol–water partition coefficient (Wildman–Crippen LogP) is 2.47. The Bertz CT molecular complexity index is 545. The zero-order chi connectivity index (χ0) is 18.6. The average Bonchev–Trinajstić information content (AvgIpc) is 3.15. The van der Waals surface area contributed by atoms with Gasteiger partial charge >= 0.3 is 0 Å². The molecular weight excluding hydrogens is 330 g/mol. The van der Waals surface area contributed by atoms with Crippen molar-refractivity contribution in [3.8, 4) is 5.75 Å². The second kappa shape index (κ2) is 11.8. The summed E-state index contributed by atoms with van der Waals surface area (Å²) in [5.74, 6) is 1.81. The van der Waals surface area contributed by atoms with Gasteiger partial charge in [0.05, 0.1) is 32.4 Å². The largest absolute Gasteiger partial charge is 0.491 e. The van der Waals surface area contributed by atoms with Gasteiger partial charge < -0.3 is 24.4 Å². The van der Waals surface area contributed by atoms with E-state index in [0.717, 1.165) is 49.8 Å². The minimum atomic E-state index is 0.272. The lowest BCUT2D eigenvalue weighted by Gasteiger charge is -2.22. The number of nitrogens with zero attached hydrogens (tertiary/aromatic N) is 2. The third kappa shape index (κ3) is 7.22. The van der Waals surface area contributed by atoms with Crippen molar-refractivity contribution < 1.29 is 14.2 Å². The topological polar surface area (TPSA) is 55.3 Å². The molecule has 0 aliphatic carbocycles. The van der Waals surface area contributed by atoms with E-state index in [9.17, 15) is 0 Å². The fraction of sp³-hybridized carbons (Fsp3) is 0.650. The predicted molar refractivity (Wildman–Crippen MR) is 105 cm³/mol. The van der Waals surface area contributed by atoms with E-state index in [2.05, 4.69) is 35.1 Å². The van der Waals surface area contributed by atoms with Gasteiger partial charge in [-0.25, -0.2) is 0 Å². The Hall–Kier alpha value is -1.79. The molecule has 6 heteroatoms. The van der Waals surface area contributed by atoms with Gasteiger partial charge in [0.25, 0.3) is 0 Å². The average molecular weight is 364 g/mol. The Balaban J connectivity index is 1.69. The summed E-state index contributed by atoms with van der Waals surface area (Å²) < 4.78 is 17.1. The molecule has 0 amide bonds. The molecule has 1 aliphatic rings. The molecule has 1 saturated heterocycles. The van der Waals surface area contributed by atoms with Crippen molar-refractivity contribution in [2.75, 3.05) is 53.1 Å². The van der Waals surface area contributed by atoms with Gasteiger partial charge in [-0.2, -0.15) is 0 Å². The number of ether oxygens (including phenoxy) is 3. The summed E-state index contributed by atoms with van der Waals surface area (Å²) in [6, 6.07) is 8.07. The highest BCUT2D eigenvalue weighted by Crippen LogP contribution is 2.15. The number of para-hydroxylation sites is 1. The lowest BCUT2D eigenvalue weighted by atomic mass is 10.2. The number of hydrogen-bond donors (Lipinski definition) is 1. The first-order chi connectivity index (χ1) is 12.7. The maximum atomic E-state index is 5.87. The molecule has 0 bridgehead atoms. The summed E-state index contributed by atoms with van der Waals surface area (Å²) in [6.07, 6.45) is 2.52. The van der Waals surface area contributed by atoms with Gasteiger partial charge in [-0.15, -0.1) is 0 Å². The van der Waals surface area contributed by atoms with Crippen LogP contribution in [0.3, 0.4) is 0 Å². The number of aryl methyl sites for hydroxylation is 1.